The minimum absolute atomic E-state index is 0.113. The van der Waals surface area contributed by atoms with Gasteiger partial charge in [0.25, 0.3) is 5.91 Å². The molecule has 0 aromatic heterocycles. The van der Waals surface area contributed by atoms with Gasteiger partial charge in [-0.05, 0) is 48.5 Å². The molecule has 0 aliphatic rings. The summed E-state index contributed by atoms with van der Waals surface area (Å²) in [5, 5.41) is 2.44. The minimum Gasteiger partial charge on any atom is -0.465 e. The van der Waals surface area contributed by atoms with Crippen LogP contribution >= 0.6 is 0 Å². The van der Waals surface area contributed by atoms with Gasteiger partial charge in [-0.25, -0.2) is 9.59 Å². The number of methoxy groups -OCH3 is 1. The van der Waals surface area contributed by atoms with Crippen molar-refractivity contribution >= 4 is 23.5 Å². The maximum absolute atomic E-state index is 12.5. The number of halogens is 3. The number of alkyl halides is 3. The maximum Gasteiger partial charge on any atom is 0.416 e. The summed E-state index contributed by atoms with van der Waals surface area (Å²) < 4.78 is 46.7. The zero-order valence-corrected chi connectivity index (χ0v) is 14.0. The number of carbonyl (C=O) groups is 3. The summed E-state index contributed by atoms with van der Waals surface area (Å²) in [6, 6.07) is 9.23. The highest BCUT2D eigenvalue weighted by Gasteiger charge is 2.30. The average molecular weight is 381 g/mol. The summed E-state index contributed by atoms with van der Waals surface area (Å²) in [5.74, 6) is -2.11. The summed E-state index contributed by atoms with van der Waals surface area (Å²) in [5.41, 5.74) is -0.354. The molecule has 0 aliphatic heterocycles. The van der Waals surface area contributed by atoms with E-state index in [2.05, 4.69) is 10.1 Å². The molecule has 0 atom stereocenters. The van der Waals surface area contributed by atoms with Gasteiger partial charge in [0.1, 0.15) is 0 Å². The standard InChI is InChI=1S/C18H14F3NO5/c1-26-16(24)11-4-8-14(9-5-11)22-15(23)10-27-17(25)12-2-6-13(7-3-12)18(19,20)21/h2-9H,10H2,1H3,(H,22,23). The summed E-state index contributed by atoms with van der Waals surface area (Å²) in [6.45, 7) is -0.626. The molecule has 2 aromatic rings. The average Bonchev–Trinajstić information content (AvgIpc) is 2.65. The number of rotatable bonds is 5. The highest BCUT2D eigenvalue weighted by Crippen LogP contribution is 2.29. The molecule has 0 aliphatic carbocycles. The summed E-state index contributed by atoms with van der Waals surface area (Å²) in [7, 11) is 1.24. The van der Waals surface area contributed by atoms with Crippen LogP contribution in [0.2, 0.25) is 0 Å². The van der Waals surface area contributed by atoms with E-state index in [0.29, 0.717) is 11.3 Å². The van der Waals surface area contributed by atoms with Gasteiger partial charge in [0.2, 0.25) is 0 Å². The monoisotopic (exact) mass is 381 g/mol. The van der Waals surface area contributed by atoms with Gasteiger partial charge in [0, 0.05) is 5.69 Å². The fourth-order valence-corrected chi connectivity index (χ4v) is 2.01. The molecule has 0 saturated carbocycles. The van der Waals surface area contributed by atoms with Gasteiger partial charge in [-0.15, -0.1) is 0 Å². The Hall–Kier alpha value is -3.36. The first-order valence-electron chi connectivity index (χ1n) is 7.53. The molecule has 0 heterocycles. The van der Waals surface area contributed by atoms with Crippen LogP contribution in [0.1, 0.15) is 26.3 Å². The van der Waals surface area contributed by atoms with E-state index in [4.69, 9.17) is 4.74 Å². The molecule has 1 amide bonds. The van der Waals surface area contributed by atoms with Gasteiger partial charge in [0.05, 0.1) is 23.8 Å². The molecule has 0 saturated heterocycles. The zero-order valence-electron chi connectivity index (χ0n) is 14.0. The summed E-state index contributed by atoms with van der Waals surface area (Å²) in [6.07, 6.45) is -4.51. The molecular formula is C18H14F3NO5. The van der Waals surface area contributed by atoms with Crippen molar-refractivity contribution in [3.63, 3.8) is 0 Å². The second-order valence-corrected chi connectivity index (χ2v) is 5.27. The number of nitrogens with one attached hydrogen (secondary N) is 1. The molecule has 0 unspecified atom stereocenters. The lowest BCUT2D eigenvalue weighted by Crippen LogP contribution is -2.21. The van der Waals surface area contributed by atoms with Crippen LogP contribution in [0.3, 0.4) is 0 Å². The van der Waals surface area contributed by atoms with Crippen LogP contribution in [0.5, 0.6) is 0 Å². The number of amides is 1. The lowest BCUT2D eigenvalue weighted by Gasteiger charge is -2.09. The van der Waals surface area contributed by atoms with Crippen molar-refractivity contribution in [1.82, 2.24) is 0 Å². The Balaban J connectivity index is 1.87. The minimum atomic E-state index is -4.51. The smallest absolute Gasteiger partial charge is 0.416 e. The lowest BCUT2D eigenvalue weighted by atomic mass is 10.1. The van der Waals surface area contributed by atoms with Crippen LogP contribution in [0.15, 0.2) is 48.5 Å². The van der Waals surface area contributed by atoms with Gasteiger partial charge >= 0.3 is 18.1 Å². The first kappa shape index (κ1) is 20.0. The molecule has 9 heteroatoms. The van der Waals surface area contributed by atoms with Gasteiger partial charge in [0.15, 0.2) is 6.61 Å². The number of ether oxygens (including phenoxy) is 2. The van der Waals surface area contributed by atoms with Crippen LogP contribution in [0, 0.1) is 0 Å². The van der Waals surface area contributed by atoms with Crippen molar-refractivity contribution in [3.8, 4) is 0 Å². The topological polar surface area (TPSA) is 81.7 Å². The van der Waals surface area contributed by atoms with Gasteiger partial charge in [-0.1, -0.05) is 0 Å². The molecule has 0 fully saturated rings. The third-order valence-electron chi connectivity index (χ3n) is 3.37. The molecule has 142 valence electrons. The fourth-order valence-electron chi connectivity index (χ4n) is 2.01. The van der Waals surface area contributed by atoms with Gasteiger partial charge in [-0.3, -0.25) is 4.79 Å². The maximum atomic E-state index is 12.5. The van der Waals surface area contributed by atoms with Crippen LogP contribution in [0.4, 0.5) is 18.9 Å². The molecule has 2 aromatic carbocycles. The largest absolute Gasteiger partial charge is 0.465 e. The van der Waals surface area contributed by atoms with E-state index >= 15 is 0 Å². The van der Waals surface area contributed by atoms with E-state index in [0.717, 1.165) is 24.3 Å². The molecule has 2 rings (SSSR count). The van der Waals surface area contributed by atoms with Crippen molar-refractivity contribution in [3.05, 3.63) is 65.2 Å². The van der Waals surface area contributed by atoms with E-state index in [9.17, 15) is 27.6 Å². The summed E-state index contributed by atoms with van der Waals surface area (Å²) in [4.78, 5) is 34.9. The first-order valence-corrected chi connectivity index (χ1v) is 7.53. The van der Waals surface area contributed by atoms with Gasteiger partial charge in [-0.2, -0.15) is 13.2 Å². The van der Waals surface area contributed by atoms with E-state index < -0.39 is 36.2 Å². The van der Waals surface area contributed by atoms with Crippen molar-refractivity contribution in [2.75, 3.05) is 19.0 Å². The highest BCUT2D eigenvalue weighted by atomic mass is 19.4. The van der Waals surface area contributed by atoms with Crippen molar-refractivity contribution < 1.29 is 37.0 Å². The van der Waals surface area contributed by atoms with E-state index in [1.54, 1.807) is 0 Å². The third kappa shape index (κ3) is 5.56. The van der Waals surface area contributed by atoms with Crippen LogP contribution in [-0.4, -0.2) is 31.6 Å². The predicted octanol–water partition coefficient (Wildman–Crippen LogP) is 3.29. The van der Waals surface area contributed by atoms with Crippen LogP contribution in [-0.2, 0) is 20.4 Å². The number of benzene rings is 2. The molecular weight excluding hydrogens is 367 g/mol. The highest BCUT2D eigenvalue weighted by molar-refractivity contribution is 5.96. The molecule has 0 radical (unpaired) electrons. The van der Waals surface area contributed by atoms with E-state index in [1.165, 1.54) is 31.4 Å². The number of hydrogen-bond donors (Lipinski definition) is 1. The number of anilines is 1. The number of hydrogen-bond acceptors (Lipinski definition) is 5. The quantitative estimate of drug-likeness (QED) is 0.804. The van der Waals surface area contributed by atoms with Crippen molar-refractivity contribution in [2.45, 2.75) is 6.18 Å². The second-order valence-electron chi connectivity index (χ2n) is 5.27. The Morgan fingerprint density at radius 2 is 1.41 bits per heavy atom. The Morgan fingerprint density at radius 1 is 0.889 bits per heavy atom. The Bertz CT molecular complexity index is 830. The normalized spacial score (nSPS) is 10.8. The van der Waals surface area contributed by atoms with Crippen molar-refractivity contribution in [2.24, 2.45) is 0 Å². The SMILES string of the molecule is COC(=O)c1ccc(NC(=O)COC(=O)c2ccc(C(F)(F)F)cc2)cc1. The molecule has 6 nitrogen and oxygen atoms in total. The molecule has 1 N–H and O–H groups in total. The lowest BCUT2D eigenvalue weighted by molar-refractivity contribution is -0.137. The number of carbonyl (C=O) groups excluding carboxylic acids is 3. The number of esters is 2. The van der Waals surface area contributed by atoms with Gasteiger partial charge < -0.3 is 14.8 Å². The van der Waals surface area contributed by atoms with Crippen LogP contribution in [0.25, 0.3) is 0 Å². The second kappa shape index (κ2) is 8.35. The molecule has 0 bridgehead atoms. The first-order chi connectivity index (χ1) is 12.7. The Labute approximate surface area is 151 Å². The Morgan fingerprint density at radius 3 is 1.93 bits per heavy atom. The molecule has 27 heavy (non-hydrogen) atoms. The van der Waals surface area contributed by atoms with E-state index in [1.807, 2.05) is 0 Å². The van der Waals surface area contributed by atoms with Crippen molar-refractivity contribution in [1.29, 1.82) is 0 Å². The Kier molecular flexibility index (Phi) is 6.17. The molecule has 0 spiro atoms. The van der Waals surface area contributed by atoms with E-state index in [-0.39, 0.29) is 5.56 Å². The summed E-state index contributed by atoms with van der Waals surface area (Å²) >= 11 is 0. The fraction of sp³-hybridized carbons (Fsp3) is 0.167. The predicted molar refractivity (Wildman–Crippen MR) is 88.1 cm³/mol. The van der Waals surface area contributed by atoms with Crippen LogP contribution < -0.4 is 5.32 Å². The third-order valence-corrected chi connectivity index (χ3v) is 3.37. The zero-order chi connectivity index (χ0) is 20.0.